The fourth-order valence-corrected chi connectivity index (χ4v) is 1.81. The Bertz CT molecular complexity index is 392. The van der Waals surface area contributed by atoms with Crippen LogP contribution in [-0.4, -0.2) is 46.9 Å². The standard InChI is InChI=1S/C14H22N2O3/c1-15-13(14(17)19-4)9-10-16(2)11-5-7-12(18-3)8-6-11/h5-8,13,15H,9-10H2,1-4H3. The average Bonchev–Trinajstić information content (AvgIpc) is 2.47. The molecule has 5 heteroatoms. The highest BCUT2D eigenvalue weighted by Gasteiger charge is 2.17. The zero-order valence-corrected chi connectivity index (χ0v) is 12.0. The molecule has 1 aromatic rings. The van der Waals surface area contributed by atoms with E-state index in [0.29, 0.717) is 6.42 Å². The molecule has 0 amide bonds. The van der Waals surface area contributed by atoms with E-state index < -0.39 is 0 Å². The molecule has 0 radical (unpaired) electrons. The summed E-state index contributed by atoms with van der Waals surface area (Å²) in [6.07, 6.45) is 0.686. The minimum absolute atomic E-state index is 0.231. The lowest BCUT2D eigenvalue weighted by atomic mass is 10.2. The molecule has 5 nitrogen and oxygen atoms in total. The van der Waals surface area contributed by atoms with Crippen molar-refractivity contribution in [3.8, 4) is 5.75 Å². The molecule has 1 unspecified atom stereocenters. The summed E-state index contributed by atoms with van der Waals surface area (Å²) < 4.78 is 9.86. The highest BCUT2D eigenvalue weighted by molar-refractivity contribution is 5.75. The van der Waals surface area contributed by atoms with Crippen LogP contribution in [0.4, 0.5) is 5.69 Å². The van der Waals surface area contributed by atoms with E-state index in [-0.39, 0.29) is 12.0 Å². The zero-order chi connectivity index (χ0) is 14.3. The Kier molecular flexibility index (Phi) is 6.15. The van der Waals surface area contributed by atoms with Gasteiger partial charge in [0.15, 0.2) is 0 Å². The highest BCUT2D eigenvalue weighted by atomic mass is 16.5. The van der Waals surface area contributed by atoms with E-state index in [2.05, 4.69) is 10.2 Å². The predicted octanol–water partition coefficient (Wildman–Crippen LogP) is 1.28. The number of methoxy groups -OCH3 is 2. The largest absolute Gasteiger partial charge is 0.497 e. The number of anilines is 1. The van der Waals surface area contributed by atoms with Gasteiger partial charge in [0.25, 0.3) is 0 Å². The van der Waals surface area contributed by atoms with Crippen LogP contribution in [0.5, 0.6) is 5.75 Å². The average molecular weight is 266 g/mol. The third-order valence-corrected chi connectivity index (χ3v) is 3.10. The number of nitrogens with one attached hydrogen (secondary N) is 1. The molecule has 0 fully saturated rings. The summed E-state index contributed by atoms with van der Waals surface area (Å²) in [7, 11) is 6.80. The number of hydrogen-bond acceptors (Lipinski definition) is 5. The number of carbonyl (C=O) groups excluding carboxylic acids is 1. The van der Waals surface area contributed by atoms with Gasteiger partial charge in [-0.25, -0.2) is 0 Å². The number of benzene rings is 1. The van der Waals surface area contributed by atoms with Gasteiger partial charge in [0, 0.05) is 19.3 Å². The van der Waals surface area contributed by atoms with Crippen molar-refractivity contribution in [3.05, 3.63) is 24.3 Å². The highest BCUT2D eigenvalue weighted by Crippen LogP contribution is 2.18. The molecule has 0 aliphatic carbocycles. The Hall–Kier alpha value is -1.75. The Morgan fingerprint density at radius 1 is 1.32 bits per heavy atom. The lowest BCUT2D eigenvalue weighted by Gasteiger charge is -2.22. The Labute approximate surface area is 114 Å². The Morgan fingerprint density at radius 2 is 1.95 bits per heavy atom. The lowest BCUT2D eigenvalue weighted by Crippen LogP contribution is -2.38. The molecule has 0 saturated carbocycles. The first-order chi connectivity index (χ1) is 9.12. The molecule has 1 rings (SSSR count). The van der Waals surface area contributed by atoms with Gasteiger partial charge in [0.05, 0.1) is 14.2 Å². The molecule has 0 bridgehead atoms. The van der Waals surface area contributed by atoms with Crippen LogP contribution in [0.3, 0.4) is 0 Å². The first-order valence-corrected chi connectivity index (χ1v) is 6.22. The molecule has 0 aromatic heterocycles. The van der Waals surface area contributed by atoms with E-state index >= 15 is 0 Å². The maximum absolute atomic E-state index is 11.5. The van der Waals surface area contributed by atoms with E-state index in [0.717, 1.165) is 18.0 Å². The van der Waals surface area contributed by atoms with E-state index in [4.69, 9.17) is 9.47 Å². The molecular weight excluding hydrogens is 244 g/mol. The summed E-state index contributed by atoms with van der Waals surface area (Å²) >= 11 is 0. The first kappa shape index (κ1) is 15.3. The second kappa shape index (κ2) is 7.63. The van der Waals surface area contributed by atoms with Crippen molar-refractivity contribution in [3.63, 3.8) is 0 Å². The summed E-state index contributed by atoms with van der Waals surface area (Å²) in [6, 6.07) is 7.55. The third kappa shape index (κ3) is 4.44. The molecule has 1 atom stereocenters. The monoisotopic (exact) mass is 266 g/mol. The molecule has 0 spiro atoms. The van der Waals surface area contributed by atoms with Gasteiger partial charge in [-0.2, -0.15) is 0 Å². The lowest BCUT2D eigenvalue weighted by molar-refractivity contribution is -0.143. The van der Waals surface area contributed by atoms with Gasteiger partial charge in [-0.05, 0) is 37.7 Å². The van der Waals surface area contributed by atoms with Crippen molar-refractivity contribution in [2.75, 3.05) is 39.8 Å². The van der Waals surface area contributed by atoms with Crippen molar-refractivity contribution >= 4 is 11.7 Å². The minimum Gasteiger partial charge on any atom is -0.497 e. The number of esters is 1. The molecule has 0 aliphatic heterocycles. The number of rotatable bonds is 7. The fraction of sp³-hybridized carbons (Fsp3) is 0.500. The second-order valence-corrected chi connectivity index (χ2v) is 4.27. The summed E-state index contributed by atoms with van der Waals surface area (Å²) in [5, 5.41) is 2.96. The summed E-state index contributed by atoms with van der Waals surface area (Å²) in [5.74, 6) is 0.602. The van der Waals surface area contributed by atoms with Gasteiger partial charge in [-0.15, -0.1) is 0 Å². The van der Waals surface area contributed by atoms with E-state index in [1.807, 2.05) is 31.3 Å². The van der Waals surface area contributed by atoms with E-state index in [1.54, 1.807) is 14.2 Å². The van der Waals surface area contributed by atoms with Gasteiger partial charge in [0.1, 0.15) is 11.8 Å². The van der Waals surface area contributed by atoms with Crippen LogP contribution in [-0.2, 0) is 9.53 Å². The molecule has 19 heavy (non-hydrogen) atoms. The normalized spacial score (nSPS) is 11.8. The number of likely N-dealkylation sites (N-methyl/N-ethyl adjacent to an activating group) is 1. The second-order valence-electron chi connectivity index (χ2n) is 4.27. The van der Waals surface area contributed by atoms with Crippen LogP contribution < -0.4 is 15.0 Å². The van der Waals surface area contributed by atoms with Crippen molar-refractivity contribution in [2.45, 2.75) is 12.5 Å². The number of ether oxygens (including phenoxy) is 2. The maximum Gasteiger partial charge on any atom is 0.322 e. The molecule has 106 valence electrons. The van der Waals surface area contributed by atoms with Gasteiger partial charge in [-0.1, -0.05) is 0 Å². The predicted molar refractivity (Wildman–Crippen MR) is 75.7 cm³/mol. The zero-order valence-electron chi connectivity index (χ0n) is 12.0. The molecule has 0 aliphatic rings. The number of carbonyl (C=O) groups is 1. The van der Waals surface area contributed by atoms with Gasteiger partial charge in [-0.3, -0.25) is 4.79 Å². The molecular formula is C14H22N2O3. The van der Waals surface area contributed by atoms with Crippen LogP contribution in [0.25, 0.3) is 0 Å². The Balaban J connectivity index is 2.53. The molecule has 1 N–H and O–H groups in total. The van der Waals surface area contributed by atoms with Crippen LogP contribution in [0, 0.1) is 0 Å². The quantitative estimate of drug-likeness (QED) is 0.754. The third-order valence-electron chi connectivity index (χ3n) is 3.10. The van der Waals surface area contributed by atoms with Crippen LogP contribution in [0.15, 0.2) is 24.3 Å². The number of hydrogen-bond donors (Lipinski definition) is 1. The van der Waals surface area contributed by atoms with Gasteiger partial charge < -0.3 is 19.7 Å². The summed E-state index contributed by atoms with van der Waals surface area (Å²) in [4.78, 5) is 13.5. The summed E-state index contributed by atoms with van der Waals surface area (Å²) in [5.41, 5.74) is 1.08. The first-order valence-electron chi connectivity index (χ1n) is 6.22. The Morgan fingerprint density at radius 3 is 2.42 bits per heavy atom. The topological polar surface area (TPSA) is 50.8 Å². The SMILES string of the molecule is CNC(CCN(C)c1ccc(OC)cc1)C(=O)OC. The fourth-order valence-electron chi connectivity index (χ4n) is 1.81. The molecule has 1 aromatic carbocycles. The van der Waals surface area contributed by atoms with Crippen LogP contribution >= 0.6 is 0 Å². The smallest absolute Gasteiger partial charge is 0.322 e. The van der Waals surface area contributed by atoms with Crippen molar-refractivity contribution < 1.29 is 14.3 Å². The summed E-state index contributed by atoms with van der Waals surface area (Å²) in [6.45, 7) is 0.757. The van der Waals surface area contributed by atoms with Crippen molar-refractivity contribution in [1.29, 1.82) is 0 Å². The van der Waals surface area contributed by atoms with Crippen molar-refractivity contribution in [2.24, 2.45) is 0 Å². The van der Waals surface area contributed by atoms with E-state index in [1.165, 1.54) is 7.11 Å². The van der Waals surface area contributed by atoms with E-state index in [9.17, 15) is 4.79 Å². The van der Waals surface area contributed by atoms with Crippen LogP contribution in [0.2, 0.25) is 0 Å². The number of nitrogens with zero attached hydrogens (tertiary/aromatic N) is 1. The molecule has 0 heterocycles. The van der Waals surface area contributed by atoms with Gasteiger partial charge in [0.2, 0.25) is 0 Å². The minimum atomic E-state index is -0.273. The van der Waals surface area contributed by atoms with Crippen molar-refractivity contribution in [1.82, 2.24) is 5.32 Å². The maximum atomic E-state index is 11.5. The van der Waals surface area contributed by atoms with Gasteiger partial charge >= 0.3 is 5.97 Å². The van der Waals surface area contributed by atoms with Crippen LogP contribution in [0.1, 0.15) is 6.42 Å². The molecule has 0 saturated heterocycles.